The highest BCUT2D eigenvalue weighted by Gasteiger charge is 2.21. The van der Waals surface area contributed by atoms with Crippen LogP contribution < -0.4 is 10.6 Å². The molecule has 0 saturated carbocycles. The SMILES string of the molecule is CCNC(=O)N1CCN(CCC(=O)Nc2c(C)nn(-c3ccccc3)c2C)CC1. The summed E-state index contributed by atoms with van der Waals surface area (Å²) in [6.07, 6.45) is 0.413. The number of amides is 3. The van der Waals surface area contributed by atoms with Crippen molar-refractivity contribution in [1.82, 2.24) is 24.9 Å². The molecular formula is C21H30N6O2. The Morgan fingerprint density at radius 1 is 1.07 bits per heavy atom. The molecule has 3 rings (SSSR count). The third-order valence-corrected chi connectivity index (χ3v) is 5.20. The predicted octanol–water partition coefficient (Wildman–Crippen LogP) is 2.16. The van der Waals surface area contributed by atoms with Gasteiger partial charge in [-0.25, -0.2) is 9.48 Å². The number of carbonyl (C=O) groups excluding carboxylic acids is 2. The van der Waals surface area contributed by atoms with Crippen LogP contribution >= 0.6 is 0 Å². The number of anilines is 1. The van der Waals surface area contributed by atoms with Gasteiger partial charge in [0.2, 0.25) is 5.91 Å². The van der Waals surface area contributed by atoms with Gasteiger partial charge in [0.05, 0.1) is 22.8 Å². The normalized spacial score (nSPS) is 14.7. The average Bonchev–Trinajstić information content (AvgIpc) is 3.01. The van der Waals surface area contributed by atoms with Crippen molar-refractivity contribution in [3.63, 3.8) is 0 Å². The van der Waals surface area contributed by atoms with Crippen LogP contribution in [0.3, 0.4) is 0 Å². The highest BCUT2D eigenvalue weighted by atomic mass is 16.2. The van der Waals surface area contributed by atoms with E-state index in [9.17, 15) is 9.59 Å². The Kier molecular flexibility index (Phi) is 6.87. The third kappa shape index (κ3) is 5.14. The number of hydrogen-bond donors (Lipinski definition) is 2. The van der Waals surface area contributed by atoms with Gasteiger partial charge in [0, 0.05) is 45.7 Å². The zero-order chi connectivity index (χ0) is 20.8. The van der Waals surface area contributed by atoms with Gasteiger partial charge in [0.1, 0.15) is 0 Å². The summed E-state index contributed by atoms with van der Waals surface area (Å²) in [6.45, 7) is 10.1. The number of urea groups is 1. The Balaban J connectivity index is 1.51. The molecule has 0 spiro atoms. The molecule has 1 aromatic heterocycles. The Labute approximate surface area is 171 Å². The summed E-state index contributed by atoms with van der Waals surface area (Å²) in [5.74, 6) is -0.0185. The topological polar surface area (TPSA) is 82.5 Å². The second kappa shape index (κ2) is 9.56. The van der Waals surface area contributed by atoms with Crippen LogP contribution in [0.1, 0.15) is 24.7 Å². The molecule has 8 nitrogen and oxygen atoms in total. The Morgan fingerprint density at radius 3 is 2.41 bits per heavy atom. The van der Waals surface area contributed by atoms with Crippen LogP contribution in [-0.2, 0) is 4.79 Å². The minimum absolute atomic E-state index is 0.00808. The summed E-state index contributed by atoms with van der Waals surface area (Å²) < 4.78 is 1.85. The van der Waals surface area contributed by atoms with Gasteiger partial charge in [0.15, 0.2) is 0 Å². The van der Waals surface area contributed by atoms with Crippen molar-refractivity contribution in [2.45, 2.75) is 27.2 Å². The number of hydrogen-bond acceptors (Lipinski definition) is 4. The van der Waals surface area contributed by atoms with Crippen molar-refractivity contribution in [1.29, 1.82) is 0 Å². The maximum absolute atomic E-state index is 12.5. The molecule has 3 amide bonds. The molecule has 156 valence electrons. The lowest BCUT2D eigenvalue weighted by Crippen LogP contribution is -2.52. The molecule has 0 atom stereocenters. The number of carbonyl (C=O) groups is 2. The van der Waals surface area contributed by atoms with Gasteiger partial charge in [-0.3, -0.25) is 9.69 Å². The van der Waals surface area contributed by atoms with Gasteiger partial charge >= 0.3 is 6.03 Å². The summed E-state index contributed by atoms with van der Waals surface area (Å²) in [5, 5.41) is 10.4. The molecule has 1 saturated heterocycles. The fourth-order valence-corrected chi connectivity index (χ4v) is 3.54. The molecule has 1 aromatic carbocycles. The number of aryl methyl sites for hydroxylation is 1. The molecule has 0 unspecified atom stereocenters. The zero-order valence-electron chi connectivity index (χ0n) is 17.4. The second-order valence-electron chi connectivity index (χ2n) is 7.26. The van der Waals surface area contributed by atoms with Crippen molar-refractivity contribution in [2.24, 2.45) is 0 Å². The first kappa shape index (κ1) is 20.9. The van der Waals surface area contributed by atoms with E-state index in [2.05, 4.69) is 20.6 Å². The average molecular weight is 399 g/mol. The quantitative estimate of drug-likeness (QED) is 0.781. The molecular weight excluding hydrogens is 368 g/mol. The molecule has 0 bridgehead atoms. The monoisotopic (exact) mass is 398 g/mol. The van der Waals surface area contributed by atoms with Gasteiger partial charge in [0.25, 0.3) is 0 Å². The number of para-hydroxylation sites is 1. The first-order valence-electron chi connectivity index (χ1n) is 10.2. The lowest BCUT2D eigenvalue weighted by atomic mass is 10.2. The summed E-state index contributed by atoms with van der Waals surface area (Å²) >= 11 is 0. The minimum atomic E-state index is -0.0185. The minimum Gasteiger partial charge on any atom is -0.338 e. The second-order valence-corrected chi connectivity index (χ2v) is 7.26. The van der Waals surface area contributed by atoms with Crippen LogP contribution in [0, 0.1) is 13.8 Å². The van der Waals surface area contributed by atoms with E-state index in [4.69, 9.17) is 0 Å². The van der Waals surface area contributed by atoms with E-state index in [1.165, 1.54) is 0 Å². The van der Waals surface area contributed by atoms with Crippen LogP contribution in [0.2, 0.25) is 0 Å². The van der Waals surface area contributed by atoms with Crippen LogP contribution in [0.15, 0.2) is 30.3 Å². The van der Waals surface area contributed by atoms with E-state index in [0.717, 1.165) is 35.9 Å². The summed E-state index contributed by atoms with van der Waals surface area (Å²) in [4.78, 5) is 28.4. The van der Waals surface area contributed by atoms with Gasteiger partial charge in [-0.1, -0.05) is 18.2 Å². The number of nitrogens with zero attached hydrogens (tertiary/aromatic N) is 4. The number of nitrogens with one attached hydrogen (secondary N) is 2. The standard InChI is InChI=1S/C21H30N6O2/c1-4-22-21(29)26-14-12-25(13-15-26)11-10-19(28)23-20-16(2)24-27(17(20)3)18-8-6-5-7-9-18/h5-9H,4,10-15H2,1-3H3,(H,22,29)(H,23,28). The maximum Gasteiger partial charge on any atom is 0.317 e. The first-order chi connectivity index (χ1) is 14.0. The van der Waals surface area contributed by atoms with Crippen molar-refractivity contribution in [3.8, 4) is 5.69 Å². The van der Waals surface area contributed by atoms with Gasteiger partial charge in [-0.15, -0.1) is 0 Å². The molecule has 0 aliphatic carbocycles. The van der Waals surface area contributed by atoms with Crippen molar-refractivity contribution < 1.29 is 9.59 Å². The van der Waals surface area contributed by atoms with Gasteiger partial charge in [-0.2, -0.15) is 5.10 Å². The Hall–Kier alpha value is -2.87. The van der Waals surface area contributed by atoms with Gasteiger partial charge < -0.3 is 15.5 Å². The lowest BCUT2D eigenvalue weighted by Gasteiger charge is -2.34. The summed E-state index contributed by atoms with van der Waals surface area (Å²) in [7, 11) is 0. The predicted molar refractivity (Wildman–Crippen MR) is 113 cm³/mol. The van der Waals surface area contributed by atoms with Crippen LogP contribution in [-0.4, -0.2) is 70.8 Å². The van der Waals surface area contributed by atoms with E-state index in [1.807, 2.05) is 60.7 Å². The maximum atomic E-state index is 12.5. The smallest absolute Gasteiger partial charge is 0.317 e. The molecule has 1 aliphatic heterocycles. The number of piperazine rings is 1. The molecule has 1 aliphatic rings. The first-order valence-corrected chi connectivity index (χ1v) is 10.2. The number of benzene rings is 1. The van der Waals surface area contributed by atoms with E-state index < -0.39 is 0 Å². The largest absolute Gasteiger partial charge is 0.338 e. The van der Waals surface area contributed by atoms with Crippen molar-refractivity contribution in [3.05, 3.63) is 41.7 Å². The van der Waals surface area contributed by atoms with Crippen LogP contribution in [0.4, 0.5) is 10.5 Å². The van der Waals surface area contributed by atoms with Crippen molar-refractivity contribution >= 4 is 17.6 Å². The van der Waals surface area contributed by atoms with Crippen molar-refractivity contribution in [2.75, 3.05) is 44.6 Å². The molecule has 1 fully saturated rings. The molecule has 8 heteroatoms. The summed E-state index contributed by atoms with van der Waals surface area (Å²) in [5.41, 5.74) is 3.46. The third-order valence-electron chi connectivity index (χ3n) is 5.20. The lowest BCUT2D eigenvalue weighted by molar-refractivity contribution is -0.116. The highest BCUT2D eigenvalue weighted by molar-refractivity contribution is 5.92. The summed E-state index contributed by atoms with van der Waals surface area (Å²) in [6, 6.07) is 9.88. The Morgan fingerprint density at radius 2 is 1.76 bits per heavy atom. The van der Waals surface area contributed by atoms with Gasteiger partial charge in [-0.05, 0) is 32.9 Å². The zero-order valence-corrected chi connectivity index (χ0v) is 17.4. The van der Waals surface area contributed by atoms with E-state index in [0.29, 0.717) is 32.6 Å². The Bertz CT molecular complexity index is 840. The highest BCUT2D eigenvalue weighted by Crippen LogP contribution is 2.22. The van der Waals surface area contributed by atoms with E-state index >= 15 is 0 Å². The van der Waals surface area contributed by atoms with Crippen LogP contribution in [0.5, 0.6) is 0 Å². The van der Waals surface area contributed by atoms with E-state index in [1.54, 1.807) is 0 Å². The molecule has 2 N–H and O–H groups in total. The van der Waals surface area contributed by atoms with Crippen LogP contribution in [0.25, 0.3) is 5.69 Å². The molecule has 29 heavy (non-hydrogen) atoms. The molecule has 0 radical (unpaired) electrons. The fraction of sp³-hybridized carbons (Fsp3) is 0.476. The van der Waals surface area contributed by atoms with E-state index in [-0.39, 0.29) is 11.9 Å². The fourth-order valence-electron chi connectivity index (χ4n) is 3.54. The molecule has 2 heterocycles. The molecule has 2 aromatic rings. The number of rotatable bonds is 6. The number of aromatic nitrogens is 2.